The normalized spacial score (nSPS) is 24.2. The van der Waals surface area contributed by atoms with Crippen molar-refractivity contribution in [3.8, 4) is 0 Å². The highest BCUT2D eigenvalue weighted by molar-refractivity contribution is 5.76. The maximum Gasteiger partial charge on any atom is 0.317 e. The third-order valence-corrected chi connectivity index (χ3v) is 4.37. The van der Waals surface area contributed by atoms with Crippen LogP contribution in [0.25, 0.3) is 0 Å². The lowest BCUT2D eigenvalue weighted by atomic mass is 9.86. The highest BCUT2D eigenvalue weighted by atomic mass is 16.4. The van der Waals surface area contributed by atoms with E-state index < -0.39 is 11.9 Å². The fourth-order valence-electron chi connectivity index (χ4n) is 2.85. The molecule has 0 bridgehead atoms. The van der Waals surface area contributed by atoms with Gasteiger partial charge in [0.05, 0.1) is 5.92 Å². The first-order valence-electron chi connectivity index (χ1n) is 7.56. The molecule has 0 aromatic rings. The zero-order valence-corrected chi connectivity index (χ0v) is 13.1. The molecular formula is C15H28N2O3. The Morgan fingerprint density at radius 2 is 2.00 bits per heavy atom. The fraction of sp³-hybridized carbons (Fsp3) is 0.867. The van der Waals surface area contributed by atoms with E-state index in [0.29, 0.717) is 5.92 Å². The molecule has 0 spiro atoms. The van der Waals surface area contributed by atoms with Gasteiger partial charge >= 0.3 is 12.0 Å². The number of hydrogen-bond donors (Lipinski definition) is 2. The largest absolute Gasteiger partial charge is 0.481 e. The van der Waals surface area contributed by atoms with Gasteiger partial charge in [0, 0.05) is 19.6 Å². The van der Waals surface area contributed by atoms with Crippen molar-refractivity contribution in [1.82, 2.24) is 10.2 Å². The molecule has 116 valence electrons. The molecule has 1 saturated carbocycles. The molecule has 0 aliphatic heterocycles. The van der Waals surface area contributed by atoms with Crippen LogP contribution in [-0.2, 0) is 4.79 Å². The molecule has 3 atom stereocenters. The van der Waals surface area contributed by atoms with Crippen LogP contribution in [0.15, 0.2) is 0 Å². The number of carboxylic acid groups (broad SMARTS) is 1. The van der Waals surface area contributed by atoms with Crippen molar-refractivity contribution in [3.63, 3.8) is 0 Å². The number of carboxylic acids is 1. The molecule has 0 aromatic heterocycles. The highest BCUT2D eigenvalue weighted by Crippen LogP contribution is 2.26. The Morgan fingerprint density at radius 3 is 2.50 bits per heavy atom. The molecule has 0 heterocycles. The van der Waals surface area contributed by atoms with Gasteiger partial charge in [0.15, 0.2) is 0 Å². The van der Waals surface area contributed by atoms with Gasteiger partial charge in [-0.2, -0.15) is 0 Å². The topological polar surface area (TPSA) is 69.6 Å². The lowest BCUT2D eigenvalue weighted by molar-refractivity contribution is -0.142. The number of hydrogen-bond acceptors (Lipinski definition) is 2. The van der Waals surface area contributed by atoms with Crippen LogP contribution in [0, 0.1) is 17.8 Å². The van der Waals surface area contributed by atoms with Crippen LogP contribution < -0.4 is 5.32 Å². The van der Waals surface area contributed by atoms with Gasteiger partial charge in [0.25, 0.3) is 0 Å². The zero-order chi connectivity index (χ0) is 15.3. The summed E-state index contributed by atoms with van der Waals surface area (Å²) in [7, 11) is 1.81. The van der Waals surface area contributed by atoms with Crippen LogP contribution in [-0.4, -0.2) is 41.6 Å². The lowest BCUT2D eigenvalue weighted by Gasteiger charge is -2.34. The molecule has 1 fully saturated rings. The summed E-state index contributed by atoms with van der Waals surface area (Å²) in [6.07, 6.45) is 4.48. The summed E-state index contributed by atoms with van der Waals surface area (Å²) in [6.45, 7) is 6.13. The first-order valence-corrected chi connectivity index (χ1v) is 7.56. The molecule has 5 heteroatoms. The van der Waals surface area contributed by atoms with Crippen LogP contribution in [0.5, 0.6) is 0 Å². The molecular weight excluding hydrogens is 256 g/mol. The molecule has 0 radical (unpaired) electrons. The number of amides is 2. The van der Waals surface area contributed by atoms with E-state index in [1.54, 1.807) is 4.90 Å². The van der Waals surface area contributed by atoms with Gasteiger partial charge in [-0.05, 0) is 24.7 Å². The average Bonchev–Trinajstić information content (AvgIpc) is 2.37. The maximum atomic E-state index is 12.1. The lowest BCUT2D eigenvalue weighted by Crippen LogP contribution is -2.47. The number of rotatable bonds is 5. The third-order valence-electron chi connectivity index (χ3n) is 4.37. The van der Waals surface area contributed by atoms with Gasteiger partial charge in [-0.3, -0.25) is 4.79 Å². The Balaban J connectivity index is 2.47. The van der Waals surface area contributed by atoms with Gasteiger partial charge < -0.3 is 15.3 Å². The van der Waals surface area contributed by atoms with Gasteiger partial charge in [0.1, 0.15) is 0 Å². The number of nitrogens with one attached hydrogen (secondary N) is 1. The van der Waals surface area contributed by atoms with Crippen LogP contribution >= 0.6 is 0 Å². The molecule has 1 aliphatic rings. The summed E-state index contributed by atoms with van der Waals surface area (Å²) < 4.78 is 0. The van der Waals surface area contributed by atoms with Gasteiger partial charge in [-0.25, -0.2) is 4.79 Å². The van der Waals surface area contributed by atoms with Crippen LogP contribution in [0.3, 0.4) is 0 Å². The number of carbonyl (C=O) groups excluding carboxylic acids is 1. The monoisotopic (exact) mass is 284 g/mol. The van der Waals surface area contributed by atoms with E-state index in [1.165, 1.54) is 6.42 Å². The Labute approximate surface area is 121 Å². The minimum absolute atomic E-state index is 0.00723. The fourth-order valence-corrected chi connectivity index (χ4v) is 2.85. The third kappa shape index (κ3) is 4.69. The molecule has 1 rings (SSSR count). The van der Waals surface area contributed by atoms with E-state index in [2.05, 4.69) is 12.2 Å². The van der Waals surface area contributed by atoms with E-state index in [0.717, 1.165) is 19.3 Å². The predicted molar refractivity (Wildman–Crippen MR) is 78.5 cm³/mol. The molecule has 0 saturated heterocycles. The number of aliphatic carboxylic acids is 1. The Bertz CT molecular complexity index is 344. The van der Waals surface area contributed by atoms with Gasteiger partial charge in [-0.1, -0.05) is 33.6 Å². The van der Waals surface area contributed by atoms with Crippen molar-refractivity contribution in [2.75, 3.05) is 13.6 Å². The van der Waals surface area contributed by atoms with Crippen molar-refractivity contribution in [2.24, 2.45) is 17.8 Å². The van der Waals surface area contributed by atoms with Crippen molar-refractivity contribution in [2.45, 2.75) is 52.5 Å². The average molecular weight is 284 g/mol. The number of carbonyl (C=O) groups is 2. The summed E-state index contributed by atoms with van der Waals surface area (Å²) in [5, 5.41) is 11.9. The summed E-state index contributed by atoms with van der Waals surface area (Å²) in [6, 6.07) is 0.122. The second kappa shape index (κ2) is 7.50. The summed E-state index contributed by atoms with van der Waals surface area (Å²) in [5.74, 6) is -0.717. The Hall–Kier alpha value is -1.26. The van der Waals surface area contributed by atoms with E-state index in [1.807, 2.05) is 20.9 Å². The van der Waals surface area contributed by atoms with Crippen molar-refractivity contribution in [1.29, 1.82) is 0 Å². The van der Waals surface area contributed by atoms with E-state index >= 15 is 0 Å². The molecule has 5 nitrogen and oxygen atoms in total. The summed E-state index contributed by atoms with van der Waals surface area (Å²) in [5.41, 5.74) is 0. The molecule has 2 amide bonds. The van der Waals surface area contributed by atoms with E-state index in [4.69, 9.17) is 5.11 Å². The van der Waals surface area contributed by atoms with Crippen LogP contribution in [0.2, 0.25) is 0 Å². The molecule has 1 aliphatic carbocycles. The molecule has 0 aromatic carbocycles. The Kier molecular flexibility index (Phi) is 6.30. The molecule has 2 N–H and O–H groups in total. The van der Waals surface area contributed by atoms with Crippen molar-refractivity contribution < 1.29 is 14.7 Å². The van der Waals surface area contributed by atoms with Crippen LogP contribution in [0.4, 0.5) is 4.79 Å². The van der Waals surface area contributed by atoms with Gasteiger partial charge in [-0.15, -0.1) is 0 Å². The maximum absolute atomic E-state index is 12.1. The standard InChI is InChI=1S/C15H28N2O3/c1-10(2)13(14(18)19)9-16-15(20)17(4)12-7-5-6-11(3)8-12/h10-13H,5-9H2,1-4H3,(H,16,20)(H,18,19). The molecule has 20 heavy (non-hydrogen) atoms. The minimum Gasteiger partial charge on any atom is -0.481 e. The second-order valence-corrected chi connectivity index (χ2v) is 6.41. The predicted octanol–water partition coefficient (Wildman–Crippen LogP) is 2.56. The van der Waals surface area contributed by atoms with E-state index in [-0.39, 0.29) is 24.5 Å². The first-order chi connectivity index (χ1) is 9.32. The Morgan fingerprint density at radius 1 is 1.35 bits per heavy atom. The minimum atomic E-state index is -0.853. The molecule has 3 unspecified atom stereocenters. The number of urea groups is 1. The highest BCUT2D eigenvalue weighted by Gasteiger charge is 2.27. The quantitative estimate of drug-likeness (QED) is 0.815. The van der Waals surface area contributed by atoms with Crippen molar-refractivity contribution in [3.05, 3.63) is 0 Å². The van der Waals surface area contributed by atoms with Crippen molar-refractivity contribution >= 4 is 12.0 Å². The van der Waals surface area contributed by atoms with E-state index in [9.17, 15) is 9.59 Å². The summed E-state index contributed by atoms with van der Waals surface area (Å²) >= 11 is 0. The van der Waals surface area contributed by atoms with Crippen LogP contribution in [0.1, 0.15) is 46.5 Å². The second-order valence-electron chi connectivity index (χ2n) is 6.41. The SMILES string of the molecule is CC1CCCC(N(C)C(=O)NCC(C(=O)O)C(C)C)C1. The first kappa shape index (κ1) is 16.8. The zero-order valence-electron chi connectivity index (χ0n) is 13.1. The van der Waals surface area contributed by atoms with Gasteiger partial charge in [0.2, 0.25) is 0 Å². The number of nitrogens with zero attached hydrogens (tertiary/aromatic N) is 1. The smallest absolute Gasteiger partial charge is 0.317 e. The summed E-state index contributed by atoms with van der Waals surface area (Å²) in [4.78, 5) is 25.0.